The summed E-state index contributed by atoms with van der Waals surface area (Å²) in [6, 6.07) is 17.3. The molecule has 0 radical (unpaired) electrons. The molecule has 3 aromatic rings. The van der Waals surface area contributed by atoms with E-state index in [1.54, 1.807) is 19.2 Å². The molecule has 37 heavy (non-hydrogen) atoms. The van der Waals surface area contributed by atoms with Crippen LogP contribution in [0.25, 0.3) is 0 Å². The minimum absolute atomic E-state index is 0.000570. The summed E-state index contributed by atoms with van der Waals surface area (Å²) in [6.07, 6.45) is 2.33. The van der Waals surface area contributed by atoms with E-state index in [4.69, 9.17) is 4.74 Å². The smallest absolute Gasteiger partial charge is 0.260 e. The molecule has 2 heterocycles. The van der Waals surface area contributed by atoms with Gasteiger partial charge in [-0.15, -0.1) is 0 Å². The van der Waals surface area contributed by atoms with Crippen LogP contribution in [0, 0.1) is 11.2 Å². The van der Waals surface area contributed by atoms with Crippen molar-refractivity contribution in [2.24, 2.45) is 5.41 Å². The van der Waals surface area contributed by atoms with Gasteiger partial charge in [0.1, 0.15) is 11.6 Å². The van der Waals surface area contributed by atoms with Crippen molar-refractivity contribution in [3.05, 3.63) is 95.1 Å². The molecule has 7 heteroatoms. The fourth-order valence-electron chi connectivity index (χ4n) is 4.61. The Morgan fingerprint density at radius 2 is 1.95 bits per heavy atom. The van der Waals surface area contributed by atoms with Crippen LogP contribution in [0.1, 0.15) is 56.1 Å². The van der Waals surface area contributed by atoms with Crippen molar-refractivity contribution >= 4 is 11.8 Å². The van der Waals surface area contributed by atoms with Crippen molar-refractivity contribution in [1.82, 2.24) is 15.2 Å². The van der Waals surface area contributed by atoms with E-state index in [0.29, 0.717) is 37.2 Å². The van der Waals surface area contributed by atoms with Gasteiger partial charge in [0.15, 0.2) is 6.10 Å². The zero-order chi connectivity index (χ0) is 26.6. The molecular weight excluding hydrogens is 469 g/mol. The van der Waals surface area contributed by atoms with Gasteiger partial charge >= 0.3 is 0 Å². The number of carbonyl (C=O) groups is 2. The zero-order valence-electron chi connectivity index (χ0n) is 21.8. The number of hydrogen-bond acceptors (Lipinski definition) is 4. The van der Waals surface area contributed by atoms with Gasteiger partial charge < -0.3 is 15.0 Å². The van der Waals surface area contributed by atoms with Gasteiger partial charge in [0.2, 0.25) is 5.91 Å². The molecule has 6 nitrogen and oxygen atoms in total. The van der Waals surface area contributed by atoms with E-state index < -0.39 is 17.6 Å². The first-order chi connectivity index (χ1) is 17.6. The monoisotopic (exact) mass is 503 g/mol. The number of rotatable bonds is 7. The Balaban J connectivity index is 1.54. The lowest BCUT2D eigenvalue weighted by atomic mass is 9.85. The summed E-state index contributed by atoms with van der Waals surface area (Å²) in [6.45, 7) is 8.37. The number of carbonyl (C=O) groups excluding carboxylic acids is 2. The highest BCUT2D eigenvalue weighted by atomic mass is 19.1. The molecular formula is C30H34FN3O3. The van der Waals surface area contributed by atoms with Crippen LogP contribution in [-0.2, 0) is 22.4 Å². The fourth-order valence-corrected chi connectivity index (χ4v) is 4.61. The second kappa shape index (κ2) is 11.1. The van der Waals surface area contributed by atoms with Gasteiger partial charge in [-0.05, 0) is 66.4 Å². The summed E-state index contributed by atoms with van der Waals surface area (Å²) in [5, 5.41) is 2.89. The lowest BCUT2D eigenvalue weighted by Crippen LogP contribution is -2.45. The third-order valence-corrected chi connectivity index (χ3v) is 6.50. The first-order valence-electron chi connectivity index (χ1n) is 12.7. The lowest BCUT2D eigenvalue weighted by molar-refractivity contribution is -0.141. The maximum absolute atomic E-state index is 14.2. The molecule has 0 aliphatic carbocycles. The van der Waals surface area contributed by atoms with Crippen LogP contribution in [-0.4, -0.2) is 40.9 Å². The van der Waals surface area contributed by atoms with Gasteiger partial charge in [0.05, 0.1) is 6.04 Å². The van der Waals surface area contributed by atoms with E-state index in [1.807, 2.05) is 68.1 Å². The van der Waals surface area contributed by atoms with Crippen LogP contribution in [0.4, 0.5) is 4.39 Å². The van der Waals surface area contributed by atoms with Gasteiger partial charge in [0, 0.05) is 36.8 Å². The largest absolute Gasteiger partial charge is 0.481 e. The summed E-state index contributed by atoms with van der Waals surface area (Å²) in [7, 11) is 0. The van der Waals surface area contributed by atoms with E-state index in [1.165, 1.54) is 12.1 Å². The Hall–Kier alpha value is -3.74. The number of ether oxygens (including phenoxy) is 1. The second-order valence-corrected chi connectivity index (χ2v) is 10.4. The van der Waals surface area contributed by atoms with Gasteiger partial charge in [-0.2, -0.15) is 0 Å². The molecule has 1 aliphatic rings. The third kappa shape index (κ3) is 6.34. The highest BCUT2D eigenvalue weighted by Gasteiger charge is 2.37. The summed E-state index contributed by atoms with van der Waals surface area (Å²) >= 11 is 0. The molecule has 0 unspecified atom stereocenters. The number of halogens is 1. The van der Waals surface area contributed by atoms with Gasteiger partial charge in [-0.1, -0.05) is 45.0 Å². The maximum Gasteiger partial charge on any atom is 0.260 e. The molecule has 2 atom stereocenters. The van der Waals surface area contributed by atoms with Crippen LogP contribution in [0.5, 0.6) is 5.75 Å². The van der Waals surface area contributed by atoms with Crippen molar-refractivity contribution in [2.75, 3.05) is 13.1 Å². The molecule has 1 aliphatic heterocycles. The minimum Gasteiger partial charge on any atom is -0.481 e. The SMILES string of the molecule is C[C@H](Oc1ccc2c(c1)[C@@H](c1cccc(F)c1)N(C(=O)C(C)(C)C)CC2)C(=O)NCCc1ccccn1. The van der Waals surface area contributed by atoms with E-state index in [-0.39, 0.29) is 17.6 Å². The van der Waals surface area contributed by atoms with Gasteiger partial charge in [-0.3, -0.25) is 14.6 Å². The normalized spacial score (nSPS) is 16.0. The number of nitrogens with one attached hydrogen (secondary N) is 1. The summed E-state index contributed by atoms with van der Waals surface area (Å²) in [5.74, 6) is -0.0481. The number of hydrogen-bond donors (Lipinski definition) is 1. The fraction of sp³-hybridized carbons (Fsp3) is 0.367. The number of pyridine rings is 1. The molecule has 0 fully saturated rings. The Kier molecular flexibility index (Phi) is 7.91. The number of nitrogens with zero attached hydrogens (tertiary/aromatic N) is 2. The van der Waals surface area contributed by atoms with Crippen molar-refractivity contribution in [2.45, 2.75) is 52.7 Å². The number of amides is 2. The minimum atomic E-state index is -0.717. The van der Waals surface area contributed by atoms with E-state index in [9.17, 15) is 14.0 Å². The van der Waals surface area contributed by atoms with Crippen LogP contribution in [0.2, 0.25) is 0 Å². The molecule has 0 saturated heterocycles. The van der Waals surface area contributed by atoms with Crippen molar-refractivity contribution < 1.29 is 18.7 Å². The molecule has 2 amide bonds. The van der Waals surface area contributed by atoms with E-state index >= 15 is 0 Å². The highest BCUT2D eigenvalue weighted by Crippen LogP contribution is 2.39. The first-order valence-corrected chi connectivity index (χ1v) is 12.7. The Bertz CT molecular complexity index is 1260. The van der Waals surface area contributed by atoms with Crippen LogP contribution in [0.3, 0.4) is 0 Å². The van der Waals surface area contributed by atoms with E-state index in [2.05, 4.69) is 10.3 Å². The molecule has 1 N–H and O–H groups in total. The molecule has 0 spiro atoms. The Morgan fingerprint density at radius 3 is 2.65 bits per heavy atom. The molecule has 4 rings (SSSR count). The molecule has 0 bridgehead atoms. The average Bonchev–Trinajstić information content (AvgIpc) is 2.87. The second-order valence-electron chi connectivity index (χ2n) is 10.4. The standard InChI is InChI=1S/C30H34FN3O3/c1-20(28(35)33-16-13-24-10-5-6-15-32-24)37-25-12-11-21-14-17-34(29(36)30(2,3)4)27(26(21)19-25)22-8-7-9-23(31)18-22/h5-12,15,18-20,27H,13-14,16-17H2,1-4H3,(H,33,35)/t20-,27+/m0/s1. The topological polar surface area (TPSA) is 71.5 Å². The average molecular weight is 504 g/mol. The van der Waals surface area contributed by atoms with Gasteiger partial charge in [-0.25, -0.2) is 4.39 Å². The number of benzene rings is 2. The quantitative estimate of drug-likeness (QED) is 0.500. The van der Waals surface area contributed by atoms with Crippen LogP contribution in [0.15, 0.2) is 66.9 Å². The van der Waals surface area contributed by atoms with Crippen molar-refractivity contribution in [3.8, 4) is 5.75 Å². The third-order valence-electron chi connectivity index (χ3n) is 6.50. The van der Waals surface area contributed by atoms with Crippen molar-refractivity contribution in [3.63, 3.8) is 0 Å². The maximum atomic E-state index is 14.2. The number of aromatic nitrogens is 1. The van der Waals surface area contributed by atoms with Gasteiger partial charge in [0.25, 0.3) is 5.91 Å². The predicted octanol–water partition coefficient (Wildman–Crippen LogP) is 4.87. The Labute approximate surface area is 217 Å². The predicted molar refractivity (Wildman–Crippen MR) is 141 cm³/mol. The van der Waals surface area contributed by atoms with Crippen LogP contribution < -0.4 is 10.1 Å². The van der Waals surface area contributed by atoms with Crippen molar-refractivity contribution in [1.29, 1.82) is 0 Å². The first kappa shape index (κ1) is 26.3. The molecule has 0 saturated carbocycles. The molecule has 1 aromatic heterocycles. The summed E-state index contributed by atoms with van der Waals surface area (Å²) < 4.78 is 20.2. The van der Waals surface area contributed by atoms with E-state index in [0.717, 1.165) is 16.8 Å². The lowest BCUT2D eigenvalue weighted by Gasteiger charge is -2.41. The Morgan fingerprint density at radius 1 is 1.14 bits per heavy atom. The van der Waals surface area contributed by atoms with Crippen LogP contribution >= 0.6 is 0 Å². The number of fused-ring (bicyclic) bond motifs is 1. The molecule has 2 aromatic carbocycles. The summed E-state index contributed by atoms with van der Waals surface area (Å²) in [5.41, 5.74) is 2.99. The highest BCUT2D eigenvalue weighted by molar-refractivity contribution is 5.83. The zero-order valence-corrected chi connectivity index (χ0v) is 21.8. The summed E-state index contributed by atoms with van der Waals surface area (Å²) in [4.78, 5) is 32.1. The molecule has 194 valence electrons.